The van der Waals surface area contributed by atoms with Gasteiger partial charge in [-0.1, -0.05) is 20.8 Å². The number of rotatable bonds is 2. The van der Waals surface area contributed by atoms with Crippen LogP contribution in [0, 0.1) is 11.2 Å². The molecule has 94 valence electrons. The van der Waals surface area contributed by atoms with Crippen molar-refractivity contribution in [3.8, 4) is 0 Å². The maximum atomic E-state index is 13.3. The molecule has 0 heterocycles. The first-order chi connectivity index (χ1) is 7.70. The van der Waals surface area contributed by atoms with E-state index in [2.05, 4.69) is 36.7 Å². The third-order valence-electron chi connectivity index (χ3n) is 2.22. The van der Waals surface area contributed by atoms with Crippen LogP contribution in [0.4, 0.5) is 4.39 Å². The summed E-state index contributed by atoms with van der Waals surface area (Å²) in [6, 6.07) is 4.42. The maximum Gasteiger partial charge on any atom is 0.253 e. The van der Waals surface area contributed by atoms with Gasteiger partial charge in [0.15, 0.2) is 0 Å². The molecule has 0 aromatic heterocycles. The van der Waals surface area contributed by atoms with Crippen molar-refractivity contribution in [2.45, 2.75) is 20.8 Å². The molecule has 0 N–H and O–H groups in total. The van der Waals surface area contributed by atoms with E-state index in [1.165, 1.54) is 6.07 Å². The molecule has 0 aliphatic rings. The Morgan fingerprint density at radius 2 is 2.00 bits per heavy atom. The van der Waals surface area contributed by atoms with Crippen molar-refractivity contribution in [1.82, 2.24) is 4.90 Å². The van der Waals surface area contributed by atoms with Crippen LogP contribution in [-0.2, 0) is 0 Å². The van der Waals surface area contributed by atoms with Crippen LogP contribution in [-0.4, -0.2) is 24.4 Å². The van der Waals surface area contributed by atoms with E-state index in [1.807, 2.05) is 0 Å². The lowest BCUT2D eigenvalue weighted by molar-refractivity contribution is 0.0745. The van der Waals surface area contributed by atoms with Crippen LogP contribution in [0.15, 0.2) is 22.7 Å². The topological polar surface area (TPSA) is 20.3 Å². The summed E-state index contributed by atoms with van der Waals surface area (Å²) in [4.78, 5) is 13.6. The van der Waals surface area contributed by atoms with Gasteiger partial charge in [0.05, 0.1) is 4.47 Å². The lowest BCUT2D eigenvalue weighted by atomic mass is 9.96. The Bertz CT molecular complexity index is 426. The van der Waals surface area contributed by atoms with Crippen molar-refractivity contribution in [2.75, 3.05) is 13.6 Å². The minimum absolute atomic E-state index is 0.0261. The minimum Gasteiger partial charge on any atom is -0.341 e. The van der Waals surface area contributed by atoms with Crippen molar-refractivity contribution in [3.63, 3.8) is 0 Å². The fourth-order valence-corrected chi connectivity index (χ4v) is 1.88. The zero-order chi connectivity index (χ0) is 13.2. The lowest BCUT2D eigenvalue weighted by Crippen LogP contribution is -2.34. The Kier molecular flexibility index (Phi) is 4.31. The molecule has 0 spiro atoms. The van der Waals surface area contributed by atoms with Gasteiger partial charge in [0.1, 0.15) is 5.82 Å². The number of nitrogens with zero attached hydrogens (tertiary/aromatic N) is 1. The molecule has 4 heteroatoms. The molecule has 0 unspecified atom stereocenters. The highest BCUT2D eigenvalue weighted by molar-refractivity contribution is 9.10. The Hall–Kier alpha value is -0.900. The number of carbonyl (C=O) groups is 1. The molecule has 0 bridgehead atoms. The molecular weight excluding hydrogens is 285 g/mol. The average molecular weight is 302 g/mol. The van der Waals surface area contributed by atoms with Gasteiger partial charge in [0, 0.05) is 19.2 Å². The Morgan fingerprint density at radius 1 is 1.41 bits per heavy atom. The van der Waals surface area contributed by atoms with Crippen molar-refractivity contribution in [1.29, 1.82) is 0 Å². The Balaban J connectivity index is 2.85. The first-order valence-electron chi connectivity index (χ1n) is 5.41. The van der Waals surface area contributed by atoms with Gasteiger partial charge < -0.3 is 4.90 Å². The summed E-state index contributed by atoms with van der Waals surface area (Å²) < 4.78 is 13.7. The molecule has 1 amide bonds. The van der Waals surface area contributed by atoms with Crippen LogP contribution in [0.25, 0.3) is 0 Å². The molecular formula is C13H17BrFNO. The van der Waals surface area contributed by atoms with E-state index in [9.17, 15) is 9.18 Å². The molecule has 0 aliphatic heterocycles. The maximum absolute atomic E-state index is 13.3. The summed E-state index contributed by atoms with van der Waals surface area (Å²) in [7, 11) is 1.73. The smallest absolute Gasteiger partial charge is 0.253 e. The highest BCUT2D eigenvalue weighted by Crippen LogP contribution is 2.19. The minimum atomic E-state index is -0.417. The highest BCUT2D eigenvalue weighted by atomic mass is 79.9. The molecule has 0 saturated carbocycles. The van der Waals surface area contributed by atoms with Crippen molar-refractivity contribution < 1.29 is 9.18 Å². The standard InChI is InChI=1S/C13H17BrFNO/c1-13(2,3)8-16(4)12(17)9-5-6-10(14)11(15)7-9/h5-7H,8H2,1-4H3. The predicted octanol–water partition coefficient (Wildman–Crippen LogP) is 3.71. The summed E-state index contributed by atoms with van der Waals surface area (Å²) in [6.45, 7) is 6.79. The number of hydrogen-bond donors (Lipinski definition) is 0. The third-order valence-corrected chi connectivity index (χ3v) is 2.87. The molecule has 0 atom stereocenters. The molecule has 2 nitrogen and oxygen atoms in total. The summed E-state index contributed by atoms with van der Waals surface area (Å²) in [5, 5.41) is 0. The van der Waals surface area contributed by atoms with E-state index < -0.39 is 5.82 Å². The summed E-state index contributed by atoms with van der Waals surface area (Å²) in [6.07, 6.45) is 0. The molecule has 0 radical (unpaired) electrons. The number of benzene rings is 1. The molecule has 0 fully saturated rings. The van der Waals surface area contributed by atoms with Crippen LogP contribution in [0.1, 0.15) is 31.1 Å². The van der Waals surface area contributed by atoms with Gasteiger partial charge in [-0.3, -0.25) is 4.79 Å². The van der Waals surface area contributed by atoms with Crippen molar-refractivity contribution in [2.24, 2.45) is 5.41 Å². The van der Waals surface area contributed by atoms with E-state index in [-0.39, 0.29) is 11.3 Å². The second-order valence-electron chi connectivity index (χ2n) is 5.35. The molecule has 17 heavy (non-hydrogen) atoms. The predicted molar refractivity (Wildman–Crippen MR) is 70.5 cm³/mol. The van der Waals surface area contributed by atoms with Crippen molar-refractivity contribution in [3.05, 3.63) is 34.1 Å². The van der Waals surface area contributed by atoms with Crippen LogP contribution >= 0.6 is 15.9 Å². The largest absolute Gasteiger partial charge is 0.341 e. The Morgan fingerprint density at radius 3 is 2.47 bits per heavy atom. The van der Waals surface area contributed by atoms with Gasteiger partial charge in [-0.05, 0) is 39.5 Å². The normalized spacial score (nSPS) is 11.4. The third kappa shape index (κ3) is 4.11. The first kappa shape index (κ1) is 14.2. The van der Waals surface area contributed by atoms with E-state index in [1.54, 1.807) is 24.1 Å². The monoisotopic (exact) mass is 301 g/mol. The molecule has 0 aliphatic carbocycles. The van der Waals surface area contributed by atoms with Gasteiger partial charge >= 0.3 is 0 Å². The Labute approximate surface area is 110 Å². The molecule has 0 saturated heterocycles. The summed E-state index contributed by atoms with van der Waals surface area (Å²) >= 11 is 3.06. The van der Waals surface area contributed by atoms with Crippen LogP contribution in [0.2, 0.25) is 0 Å². The summed E-state index contributed by atoms with van der Waals surface area (Å²) in [5.74, 6) is -0.577. The molecule has 1 aromatic rings. The first-order valence-corrected chi connectivity index (χ1v) is 6.20. The quantitative estimate of drug-likeness (QED) is 0.815. The number of hydrogen-bond acceptors (Lipinski definition) is 1. The van der Waals surface area contributed by atoms with Crippen LogP contribution < -0.4 is 0 Å². The molecule has 1 aromatic carbocycles. The van der Waals surface area contributed by atoms with Crippen LogP contribution in [0.3, 0.4) is 0 Å². The second kappa shape index (κ2) is 5.17. The number of halogens is 2. The fraction of sp³-hybridized carbons (Fsp3) is 0.462. The number of amides is 1. The second-order valence-corrected chi connectivity index (χ2v) is 6.21. The SMILES string of the molecule is CN(CC(C)(C)C)C(=O)c1ccc(Br)c(F)c1. The summed E-state index contributed by atoms with van der Waals surface area (Å²) in [5.41, 5.74) is 0.399. The van der Waals surface area contributed by atoms with E-state index in [0.29, 0.717) is 16.6 Å². The van der Waals surface area contributed by atoms with Gasteiger partial charge in [-0.2, -0.15) is 0 Å². The zero-order valence-corrected chi connectivity index (χ0v) is 12.1. The lowest BCUT2D eigenvalue weighted by Gasteiger charge is -2.26. The van der Waals surface area contributed by atoms with Crippen LogP contribution in [0.5, 0.6) is 0 Å². The number of carbonyl (C=O) groups excluding carboxylic acids is 1. The average Bonchev–Trinajstić information content (AvgIpc) is 2.18. The fourth-order valence-electron chi connectivity index (χ4n) is 1.63. The van der Waals surface area contributed by atoms with Gasteiger partial charge in [-0.15, -0.1) is 0 Å². The van der Waals surface area contributed by atoms with Gasteiger partial charge in [-0.25, -0.2) is 4.39 Å². The van der Waals surface area contributed by atoms with Gasteiger partial charge in [0.25, 0.3) is 5.91 Å². The zero-order valence-electron chi connectivity index (χ0n) is 10.6. The highest BCUT2D eigenvalue weighted by Gasteiger charge is 2.19. The molecule has 1 rings (SSSR count). The van der Waals surface area contributed by atoms with E-state index in [4.69, 9.17) is 0 Å². The van der Waals surface area contributed by atoms with Gasteiger partial charge in [0.2, 0.25) is 0 Å². The van der Waals surface area contributed by atoms with Crippen molar-refractivity contribution >= 4 is 21.8 Å². The van der Waals surface area contributed by atoms with E-state index in [0.717, 1.165) is 0 Å². The van der Waals surface area contributed by atoms with E-state index >= 15 is 0 Å².